The number of amides is 1. The van der Waals surface area contributed by atoms with Crippen LogP contribution in [0, 0.1) is 0 Å². The zero-order valence-corrected chi connectivity index (χ0v) is 16.1. The van der Waals surface area contributed by atoms with E-state index in [0.29, 0.717) is 24.8 Å². The summed E-state index contributed by atoms with van der Waals surface area (Å²) in [6.45, 7) is 3.66. The number of aromatic nitrogens is 2. The molecule has 0 spiro atoms. The van der Waals surface area contributed by atoms with Gasteiger partial charge in [0.05, 0.1) is 6.26 Å². The minimum atomic E-state index is -0.0493. The molecule has 0 radical (unpaired) electrons. The highest BCUT2D eigenvalue weighted by Crippen LogP contribution is 2.20. The molecule has 4 rings (SSSR count). The smallest absolute Gasteiger partial charge is 0.289 e. The number of nitrogens with one attached hydrogen (secondary N) is 1. The summed E-state index contributed by atoms with van der Waals surface area (Å²) in [5.41, 5.74) is 1.55. The number of hydrogen-bond donors (Lipinski definition) is 1. The van der Waals surface area contributed by atoms with Gasteiger partial charge in [0.15, 0.2) is 5.76 Å². The normalized spacial score (nSPS) is 17.4. The third-order valence-corrected chi connectivity index (χ3v) is 5.38. The van der Waals surface area contributed by atoms with Crippen LogP contribution in [0.25, 0.3) is 0 Å². The van der Waals surface area contributed by atoms with Crippen molar-refractivity contribution in [1.29, 1.82) is 0 Å². The standard InChI is InChI=1S/C21H27N5O2/c27-20(18-7-4-16-28-18)26-14-12-25(13-15-26)19-9-11-23-21(24-19)22-10-8-17-5-2-1-3-6-17/h4-5,7,9,11,16H,1-3,6,8,10,12-15H2,(H,22,23,24). The lowest BCUT2D eigenvalue weighted by atomic mass is 9.97. The van der Waals surface area contributed by atoms with Crippen LogP contribution in [-0.2, 0) is 0 Å². The minimum Gasteiger partial charge on any atom is -0.459 e. The largest absolute Gasteiger partial charge is 0.459 e. The van der Waals surface area contributed by atoms with Crippen LogP contribution >= 0.6 is 0 Å². The van der Waals surface area contributed by atoms with Gasteiger partial charge in [-0.1, -0.05) is 11.6 Å². The molecule has 2 aromatic rings. The van der Waals surface area contributed by atoms with Gasteiger partial charge in [0.2, 0.25) is 5.95 Å². The van der Waals surface area contributed by atoms with Crippen molar-refractivity contribution in [1.82, 2.24) is 14.9 Å². The molecule has 1 amide bonds. The van der Waals surface area contributed by atoms with E-state index in [1.807, 2.05) is 11.0 Å². The van der Waals surface area contributed by atoms with Crippen molar-refractivity contribution in [3.8, 4) is 0 Å². The Balaban J connectivity index is 1.28. The highest BCUT2D eigenvalue weighted by Gasteiger charge is 2.24. The number of nitrogens with zero attached hydrogens (tertiary/aromatic N) is 4. The topological polar surface area (TPSA) is 74.5 Å². The zero-order valence-electron chi connectivity index (χ0n) is 16.1. The van der Waals surface area contributed by atoms with Gasteiger partial charge in [0, 0.05) is 38.9 Å². The quantitative estimate of drug-likeness (QED) is 0.774. The molecule has 1 saturated heterocycles. The van der Waals surface area contributed by atoms with Gasteiger partial charge >= 0.3 is 0 Å². The molecular weight excluding hydrogens is 354 g/mol. The molecule has 0 bridgehead atoms. The molecule has 1 N–H and O–H groups in total. The molecule has 1 aliphatic carbocycles. The Labute approximate surface area is 165 Å². The third kappa shape index (κ3) is 4.52. The number of anilines is 2. The van der Waals surface area contributed by atoms with Gasteiger partial charge in [0.1, 0.15) is 5.82 Å². The van der Waals surface area contributed by atoms with Crippen LogP contribution in [0.15, 0.2) is 46.7 Å². The van der Waals surface area contributed by atoms with Crippen LogP contribution in [-0.4, -0.2) is 53.5 Å². The van der Waals surface area contributed by atoms with Crippen LogP contribution < -0.4 is 10.2 Å². The van der Waals surface area contributed by atoms with Gasteiger partial charge < -0.3 is 19.5 Å². The van der Waals surface area contributed by atoms with Crippen molar-refractivity contribution in [2.45, 2.75) is 32.1 Å². The van der Waals surface area contributed by atoms with E-state index in [1.54, 1.807) is 23.9 Å². The molecule has 1 fully saturated rings. The Morgan fingerprint density at radius 2 is 2.07 bits per heavy atom. The first-order valence-electron chi connectivity index (χ1n) is 10.1. The maximum absolute atomic E-state index is 12.4. The minimum absolute atomic E-state index is 0.0493. The van der Waals surface area contributed by atoms with Crippen molar-refractivity contribution < 1.29 is 9.21 Å². The lowest BCUT2D eigenvalue weighted by Crippen LogP contribution is -2.49. The fourth-order valence-corrected chi connectivity index (χ4v) is 3.77. The van der Waals surface area contributed by atoms with E-state index >= 15 is 0 Å². The molecular formula is C21H27N5O2. The molecule has 1 aliphatic heterocycles. The number of carbonyl (C=O) groups is 1. The van der Waals surface area contributed by atoms with Crippen molar-refractivity contribution in [2.75, 3.05) is 42.9 Å². The number of hydrogen-bond acceptors (Lipinski definition) is 6. The Morgan fingerprint density at radius 3 is 2.82 bits per heavy atom. The Morgan fingerprint density at radius 1 is 1.18 bits per heavy atom. The molecule has 148 valence electrons. The van der Waals surface area contributed by atoms with E-state index < -0.39 is 0 Å². The third-order valence-electron chi connectivity index (χ3n) is 5.38. The number of furan rings is 1. The summed E-state index contributed by atoms with van der Waals surface area (Å²) in [6, 6.07) is 5.38. The van der Waals surface area contributed by atoms with Crippen LogP contribution in [0.3, 0.4) is 0 Å². The number of allylic oxidation sites excluding steroid dienone is 1. The first-order valence-corrected chi connectivity index (χ1v) is 10.1. The van der Waals surface area contributed by atoms with Gasteiger partial charge in [-0.15, -0.1) is 0 Å². The van der Waals surface area contributed by atoms with Gasteiger partial charge in [-0.2, -0.15) is 4.98 Å². The predicted molar refractivity (Wildman–Crippen MR) is 109 cm³/mol. The lowest BCUT2D eigenvalue weighted by molar-refractivity contribution is 0.0714. The summed E-state index contributed by atoms with van der Waals surface area (Å²) in [4.78, 5) is 25.4. The average molecular weight is 381 g/mol. The molecule has 2 aliphatic rings. The summed E-state index contributed by atoms with van der Waals surface area (Å²) in [6.07, 6.45) is 11.8. The number of piperazine rings is 1. The van der Waals surface area contributed by atoms with Gasteiger partial charge in [-0.05, 0) is 50.3 Å². The Bertz CT molecular complexity index is 810. The molecule has 0 atom stereocenters. The SMILES string of the molecule is O=C(c1ccco1)N1CCN(c2ccnc(NCCC3=CCCCC3)n2)CC1. The first kappa shape index (κ1) is 18.5. The first-order chi connectivity index (χ1) is 13.8. The van der Waals surface area contributed by atoms with E-state index in [9.17, 15) is 4.79 Å². The Kier molecular flexibility index (Phi) is 5.89. The molecule has 0 aromatic carbocycles. The van der Waals surface area contributed by atoms with Crippen LogP contribution in [0.2, 0.25) is 0 Å². The summed E-state index contributed by atoms with van der Waals surface area (Å²) in [7, 11) is 0. The second-order valence-corrected chi connectivity index (χ2v) is 7.28. The van der Waals surface area contributed by atoms with Gasteiger partial charge in [-0.3, -0.25) is 4.79 Å². The summed E-state index contributed by atoms with van der Waals surface area (Å²) in [5, 5.41) is 3.35. The molecule has 7 heteroatoms. The monoisotopic (exact) mass is 381 g/mol. The van der Waals surface area contributed by atoms with Crippen molar-refractivity contribution >= 4 is 17.7 Å². The maximum atomic E-state index is 12.4. The highest BCUT2D eigenvalue weighted by molar-refractivity contribution is 5.91. The van der Waals surface area contributed by atoms with Crippen LogP contribution in [0.4, 0.5) is 11.8 Å². The summed E-state index contributed by atoms with van der Waals surface area (Å²) in [5.74, 6) is 1.92. The van der Waals surface area contributed by atoms with E-state index in [4.69, 9.17) is 4.42 Å². The van der Waals surface area contributed by atoms with E-state index in [2.05, 4.69) is 26.3 Å². The zero-order chi connectivity index (χ0) is 19.2. The van der Waals surface area contributed by atoms with E-state index in [-0.39, 0.29) is 5.91 Å². The second kappa shape index (κ2) is 8.91. The molecule has 0 unspecified atom stereocenters. The van der Waals surface area contributed by atoms with E-state index in [1.165, 1.54) is 31.9 Å². The summed E-state index contributed by atoms with van der Waals surface area (Å²) >= 11 is 0. The fourth-order valence-electron chi connectivity index (χ4n) is 3.77. The molecule has 7 nitrogen and oxygen atoms in total. The van der Waals surface area contributed by atoms with Crippen LogP contribution in [0.5, 0.6) is 0 Å². The second-order valence-electron chi connectivity index (χ2n) is 7.28. The van der Waals surface area contributed by atoms with Crippen LogP contribution in [0.1, 0.15) is 42.7 Å². The summed E-state index contributed by atoms with van der Waals surface area (Å²) < 4.78 is 5.22. The van der Waals surface area contributed by atoms with Gasteiger partial charge in [0.25, 0.3) is 5.91 Å². The number of carbonyl (C=O) groups excluding carboxylic acids is 1. The van der Waals surface area contributed by atoms with Crippen molar-refractivity contribution in [2.24, 2.45) is 0 Å². The molecule has 0 saturated carbocycles. The van der Waals surface area contributed by atoms with Crippen molar-refractivity contribution in [3.63, 3.8) is 0 Å². The Hall–Kier alpha value is -2.83. The predicted octanol–water partition coefficient (Wildman–Crippen LogP) is 3.33. The lowest BCUT2D eigenvalue weighted by Gasteiger charge is -2.35. The highest BCUT2D eigenvalue weighted by atomic mass is 16.3. The van der Waals surface area contributed by atoms with Crippen molar-refractivity contribution in [3.05, 3.63) is 48.1 Å². The fraction of sp³-hybridized carbons (Fsp3) is 0.476. The molecule has 28 heavy (non-hydrogen) atoms. The number of rotatable bonds is 6. The molecule has 2 aromatic heterocycles. The maximum Gasteiger partial charge on any atom is 0.289 e. The van der Waals surface area contributed by atoms with Gasteiger partial charge in [-0.25, -0.2) is 4.98 Å². The molecule has 3 heterocycles. The van der Waals surface area contributed by atoms with E-state index in [0.717, 1.165) is 31.9 Å². The average Bonchev–Trinajstić information content (AvgIpc) is 3.29.